The third-order valence-electron chi connectivity index (χ3n) is 7.68. The first-order chi connectivity index (χ1) is 20.9. The molecular weight excluding hydrogens is 584 g/mol. The maximum absolute atomic E-state index is 13.4. The minimum atomic E-state index is -3.78. The molecule has 4 aromatic rings. The molecule has 3 aromatic carbocycles. The van der Waals surface area contributed by atoms with E-state index in [-0.39, 0.29) is 28.9 Å². The zero-order chi connectivity index (χ0) is 33.3. The van der Waals surface area contributed by atoms with Gasteiger partial charge in [-0.25, -0.2) is 13.2 Å². The maximum Gasteiger partial charge on any atom is 0.418 e. The van der Waals surface area contributed by atoms with Crippen LogP contribution in [0.1, 0.15) is 82.6 Å². The predicted molar refractivity (Wildman–Crippen MR) is 182 cm³/mol. The summed E-state index contributed by atoms with van der Waals surface area (Å²) in [5, 5.41) is 0.912. The van der Waals surface area contributed by atoms with Crippen LogP contribution in [-0.2, 0) is 32.3 Å². The molecule has 0 aliphatic carbocycles. The number of ketones is 1. The minimum absolute atomic E-state index is 0.0526. The van der Waals surface area contributed by atoms with Gasteiger partial charge in [0.25, 0.3) is 0 Å². The zero-order valence-corrected chi connectivity index (χ0v) is 28.8. The molecule has 0 bridgehead atoms. The highest BCUT2D eigenvalue weighted by atomic mass is 32.2. The third kappa shape index (κ3) is 8.30. The van der Waals surface area contributed by atoms with Gasteiger partial charge in [-0.2, -0.15) is 0 Å². The molecule has 0 spiro atoms. The quantitative estimate of drug-likeness (QED) is 0.177. The van der Waals surface area contributed by atoms with Crippen LogP contribution >= 0.6 is 0 Å². The molecule has 240 valence electrons. The highest BCUT2D eigenvalue weighted by Gasteiger charge is 2.24. The fraction of sp³-hybridized carbons (Fsp3) is 0.405. The number of nitrogens with zero attached hydrogens (tertiary/aromatic N) is 2. The lowest BCUT2D eigenvalue weighted by Crippen LogP contribution is -2.26. The Labute approximate surface area is 268 Å². The van der Waals surface area contributed by atoms with Crippen molar-refractivity contribution in [1.82, 2.24) is 9.47 Å². The number of fused-ring (bicyclic) bond motifs is 1. The van der Waals surface area contributed by atoms with Gasteiger partial charge in [0.2, 0.25) is 0 Å². The Morgan fingerprint density at radius 1 is 0.844 bits per heavy atom. The summed E-state index contributed by atoms with van der Waals surface area (Å²) in [7, 11) is 0.136. The maximum atomic E-state index is 13.4. The molecule has 0 radical (unpaired) electrons. The standard InChI is InChI=1S/C37H46N2O5S/c1-24(2)32-19-29(27-12-15-35-28(18-27)16-17-39(35)36(41)44-37(5,6)7)20-33(25(3)4)34(32)21-30(40)23-45(42,43)31-13-10-26(11-14-31)22-38(8)9/h10-20,24-25H,21-23H2,1-9H3. The van der Waals surface area contributed by atoms with Crippen LogP contribution in [0.25, 0.3) is 22.0 Å². The summed E-state index contributed by atoms with van der Waals surface area (Å²) < 4.78 is 33.5. The van der Waals surface area contributed by atoms with Crippen molar-refractivity contribution in [2.24, 2.45) is 0 Å². The Hall–Kier alpha value is -3.75. The van der Waals surface area contributed by atoms with Gasteiger partial charge in [-0.15, -0.1) is 0 Å². The van der Waals surface area contributed by atoms with Crippen molar-refractivity contribution in [2.75, 3.05) is 19.8 Å². The number of Topliss-reactive ketones (excluding diaryl/α,β-unsaturated/α-hetero) is 1. The number of ether oxygens (including phenoxy) is 1. The van der Waals surface area contributed by atoms with E-state index in [2.05, 4.69) is 45.9 Å². The Kier molecular flexibility index (Phi) is 10.1. The van der Waals surface area contributed by atoms with Crippen molar-refractivity contribution in [3.05, 3.63) is 89.1 Å². The number of benzene rings is 3. The van der Waals surface area contributed by atoms with Gasteiger partial charge in [0.15, 0.2) is 15.6 Å². The van der Waals surface area contributed by atoms with Crippen molar-refractivity contribution in [2.45, 2.75) is 83.8 Å². The Morgan fingerprint density at radius 3 is 1.98 bits per heavy atom. The van der Waals surface area contributed by atoms with Crippen LogP contribution in [0.3, 0.4) is 0 Å². The average molecular weight is 631 g/mol. The van der Waals surface area contributed by atoms with Crippen LogP contribution in [0.4, 0.5) is 4.79 Å². The van der Waals surface area contributed by atoms with Gasteiger partial charge in [0.05, 0.1) is 10.4 Å². The molecule has 0 unspecified atom stereocenters. The SMILES string of the molecule is CC(C)c1cc(-c2ccc3c(ccn3C(=O)OC(C)(C)C)c2)cc(C(C)C)c1CC(=O)CS(=O)(=O)c1ccc(CN(C)C)cc1. The largest absolute Gasteiger partial charge is 0.443 e. The molecule has 0 amide bonds. The van der Waals surface area contributed by atoms with Crippen LogP contribution < -0.4 is 0 Å². The Balaban J connectivity index is 1.64. The molecule has 1 aromatic heterocycles. The van der Waals surface area contributed by atoms with Crippen LogP contribution in [0.5, 0.6) is 0 Å². The first-order valence-corrected chi connectivity index (χ1v) is 17.1. The number of hydrogen-bond donors (Lipinski definition) is 0. The van der Waals surface area contributed by atoms with E-state index in [4.69, 9.17) is 4.74 Å². The fourth-order valence-corrected chi connectivity index (χ4v) is 6.87. The number of carbonyl (C=O) groups is 2. The van der Waals surface area contributed by atoms with E-state index in [1.165, 1.54) is 4.57 Å². The van der Waals surface area contributed by atoms with Crippen molar-refractivity contribution in [3.63, 3.8) is 0 Å². The van der Waals surface area contributed by atoms with Crippen LogP contribution in [0.15, 0.2) is 71.8 Å². The molecule has 1 heterocycles. The molecule has 45 heavy (non-hydrogen) atoms. The monoisotopic (exact) mass is 630 g/mol. The summed E-state index contributed by atoms with van der Waals surface area (Å²) in [6, 6.07) is 18.9. The second kappa shape index (κ2) is 13.3. The number of sulfone groups is 1. The van der Waals surface area contributed by atoms with E-state index in [1.54, 1.807) is 30.5 Å². The molecule has 0 atom stereocenters. The lowest BCUT2D eigenvalue weighted by Gasteiger charge is -2.22. The van der Waals surface area contributed by atoms with Crippen LogP contribution in [0.2, 0.25) is 0 Å². The highest BCUT2D eigenvalue weighted by Crippen LogP contribution is 2.35. The van der Waals surface area contributed by atoms with E-state index in [0.717, 1.165) is 44.3 Å². The van der Waals surface area contributed by atoms with E-state index >= 15 is 0 Å². The van der Waals surface area contributed by atoms with Crippen molar-refractivity contribution in [1.29, 1.82) is 0 Å². The number of aromatic nitrogens is 1. The van der Waals surface area contributed by atoms with Crippen LogP contribution in [-0.4, -0.2) is 55.2 Å². The molecule has 0 N–H and O–H groups in total. The van der Waals surface area contributed by atoms with Gasteiger partial charge in [-0.3, -0.25) is 9.36 Å². The molecule has 7 nitrogen and oxygen atoms in total. The number of hydrogen-bond acceptors (Lipinski definition) is 6. The minimum Gasteiger partial charge on any atom is -0.443 e. The van der Waals surface area contributed by atoms with E-state index < -0.39 is 27.3 Å². The second-order valence-corrected chi connectivity index (χ2v) is 15.7. The molecule has 0 aliphatic rings. The summed E-state index contributed by atoms with van der Waals surface area (Å²) in [6.45, 7) is 14.6. The van der Waals surface area contributed by atoms with E-state index in [1.807, 2.05) is 58.0 Å². The van der Waals surface area contributed by atoms with E-state index in [0.29, 0.717) is 6.54 Å². The van der Waals surface area contributed by atoms with Gasteiger partial charge in [0, 0.05) is 24.5 Å². The molecule has 0 fully saturated rings. The second-order valence-electron chi connectivity index (χ2n) is 13.7. The predicted octanol–water partition coefficient (Wildman–Crippen LogP) is 7.99. The average Bonchev–Trinajstić information content (AvgIpc) is 3.35. The van der Waals surface area contributed by atoms with Crippen molar-refractivity contribution in [3.8, 4) is 11.1 Å². The van der Waals surface area contributed by atoms with Crippen molar-refractivity contribution < 1.29 is 22.7 Å². The summed E-state index contributed by atoms with van der Waals surface area (Å²) >= 11 is 0. The lowest BCUT2D eigenvalue weighted by atomic mass is 9.83. The lowest BCUT2D eigenvalue weighted by molar-refractivity contribution is -0.116. The van der Waals surface area contributed by atoms with Gasteiger partial charge in [0.1, 0.15) is 11.4 Å². The summed E-state index contributed by atoms with van der Waals surface area (Å²) in [4.78, 5) is 28.3. The van der Waals surface area contributed by atoms with Gasteiger partial charge < -0.3 is 9.64 Å². The summed E-state index contributed by atoms with van der Waals surface area (Å²) in [5.41, 5.74) is 6.14. The third-order valence-corrected chi connectivity index (χ3v) is 9.38. The summed E-state index contributed by atoms with van der Waals surface area (Å²) in [5.74, 6) is -0.637. The topological polar surface area (TPSA) is 85.7 Å². The van der Waals surface area contributed by atoms with Crippen molar-refractivity contribution >= 4 is 32.6 Å². The van der Waals surface area contributed by atoms with Gasteiger partial charge in [-0.1, -0.05) is 58.0 Å². The molecule has 8 heteroatoms. The Morgan fingerprint density at radius 2 is 1.44 bits per heavy atom. The molecule has 0 saturated heterocycles. The normalized spacial score (nSPS) is 12.4. The zero-order valence-electron chi connectivity index (χ0n) is 28.0. The van der Waals surface area contributed by atoms with Gasteiger partial charge >= 0.3 is 6.09 Å². The number of rotatable bonds is 10. The molecule has 4 rings (SSSR count). The molecular formula is C37H46N2O5S. The molecule has 0 aliphatic heterocycles. The number of carbonyl (C=O) groups excluding carboxylic acids is 2. The fourth-order valence-electron chi connectivity index (χ4n) is 5.62. The first kappa shape index (κ1) is 34.1. The van der Waals surface area contributed by atoms with Crippen LogP contribution in [0, 0.1) is 0 Å². The highest BCUT2D eigenvalue weighted by molar-refractivity contribution is 7.92. The summed E-state index contributed by atoms with van der Waals surface area (Å²) in [6.07, 6.45) is 1.35. The Bertz CT molecular complexity index is 1780. The van der Waals surface area contributed by atoms with Gasteiger partial charge in [-0.05, 0) is 110 Å². The molecule has 0 saturated carbocycles. The van der Waals surface area contributed by atoms with E-state index in [9.17, 15) is 18.0 Å². The smallest absolute Gasteiger partial charge is 0.418 e. The first-order valence-electron chi connectivity index (χ1n) is 15.4.